The van der Waals surface area contributed by atoms with Crippen LogP contribution in [0.15, 0.2) is 0 Å². The van der Waals surface area contributed by atoms with Gasteiger partial charge in [0.25, 0.3) is 0 Å². The fraction of sp³-hybridized carbons (Fsp3) is 0.905. The van der Waals surface area contributed by atoms with Gasteiger partial charge in [-0.25, -0.2) is 19.2 Å². The molecule has 0 aromatic carbocycles. The Hall–Kier alpha value is -3.32. The van der Waals surface area contributed by atoms with Gasteiger partial charge in [0.2, 0.25) is 0 Å². The number of nitrogens with one attached hydrogen (secondary N) is 3. The second-order valence-corrected chi connectivity index (χ2v) is 20.0. The van der Waals surface area contributed by atoms with Gasteiger partial charge < -0.3 is 89.6 Å². The van der Waals surface area contributed by atoms with Gasteiger partial charge in [0.1, 0.15) is 46.8 Å². The van der Waals surface area contributed by atoms with E-state index in [1.54, 1.807) is 55.4 Å². The number of nitrogens with two attached hydrogens (primary N) is 1. The standard InChI is InChI=1S/C42H75N5O17/c1-39(2,3)62-36(51)45-25-16-15-23(21-44-35(50)64-41(7,8)17-13-19-57-27-14-11-12-18-56-27)59-33(25)61-31-26(46-37(52)63-40(4,5)6)20-24(43)30(28(31)48)60-34-29(49)32(47(10)38(53)54)42(9,55)22-58-34/h23-34,48-49,55H,11-22,43H2,1-10H3,(H,44,50)(H,45,51)(H,46,52)(H,53,54)/t23-,24+,25+,26-,27?,28+,29+,30-,31+,32+,33+,34+,42-/m0/s1. The summed E-state index contributed by atoms with van der Waals surface area (Å²) >= 11 is 0. The predicted molar refractivity (Wildman–Crippen MR) is 226 cm³/mol. The first-order valence-electron chi connectivity index (χ1n) is 22.2. The van der Waals surface area contributed by atoms with Crippen molar-refractivity contribution in [2.24, 2.45) is 5.73 Å². The maximum absolute atomic E-state index is 13.2. The highest BCUT2D eigenvalue weighted by Gasteiger charge is 2.54. The van der Waals surface area contributed by atoms with Crippen LogP contribution in [0, 0.1) is 0 Å². The molecule has 4 amide bonds. The lowest BCUT2D eigenvalue weighted by Gasteiger charge is -2.50. The molecule has 1 saturated carbocycles. The first-order chi connectivity index (χ1) is 29.6. The van der Waals surface area contributed by atoms with E-state index in [2.05, 4.69) is 16.0 Å². The number of likely N-dealkylation sites (N-methyl/N-ethyl adjacent to an activating group) is 1. The number of rotatable bonds is 15. The summed E-state index contributed by atoms with van der Waals surface area (Å²) < 4.78 is 52.9. The number of alkyl carbamates (subject to hydrolysis) is 3. The van der Waals surface area contributed by atoms with Crippen LogP contribution >= 0.6 is 0 Å². The minimum absolute atomic E-state index is 0.0217. The van der Waals surface area contributed by atoms with E-state index in [1.807, 2.05) is 0 Å². The van der Waals surface area contributed by atoms with Gasteiger partial charge in [-0.2, -0.15) is 0 Å². The lowest BCUT2D eigenvalue weighted by atomic mass is 9.83. The minimum atomic E-state index is -1.82. The Morgan fingerprint density at radius 2 is 1.44 bits per heavy atom. The maximum Gasteiger partial charge on any atom is 0.408 e. The molecule has 0 aromatic rings. The Balaban J connectivity index is 1.51. The summed E-state index contributed by atoms with van der Waals surface area (Å²) in [5.74, 6) is 0. The van der Waals surface area contributed by atoms with Crippen molar-refractivity contribution in [1.82, 2.24) is 20.9 Å². The molecule has 1 unspecified atom stereocenters. The Morgan fingerprint density at radius 1 is 0.812 bits per heavy atom. The number of nitrogens with zero attached hydrogens (tertiary/aromatic N) is 1. The monoisotopic (exact) mass is 922 g/mol. The molecule has 3 aliphatic heterocycles. The number of carboxylic acid groups (broad SMARTS) is 1. The Bertz CT molecular complexity index is 1540. The molecule has 370 valence electrons. The van der Waals surface area contributed by atoms with Crippen molar-refractivity contribution in [3.8, 4) is 0 Å². The molecule has 3 heterocycles. The average molecular weight is 922 g/mol. The van der Waals surface area contributed by atoms with Crippen molar-refractivity contribution in [2.45, 2.75) is 210 Å². The van der Waals surface area contributed by atoms with Gasteiger partial charge in [0, 0.05) is 32.8 Å². The normalized spacial score (nSPS) is 33.9. The molecule has 13 atom stereocenters. The van der Waals surface area contributed by atoms with E-state index >= 15 is 0 Å². The van der Waals surface area contributed by atoms with E-state index in [0.29, 0.717) is 32.5 Å². The zero-order valence-corrected chi connectivity index (χ0v) is 39.0. The first kappa shape index (κ1) is 53.3. The highest BCUT2D eigenvalue weighted by Crippen LogP contribution is 2.34. The SMILES string of the molecule is CN(C(=O)O)[C@@H]1[C@@H](O)[C@@H](O[C@@H]2[C@@H](O)[C@H](O[C@H]3O[C@H](CNC(=O)OC(C)(C)CCCOC4CCCCO4)CC[C@H]3NC(=O)OC(C)(C)C)[C@@H](NC(=O)OC(C)(C)C)C[C@H]2N)OC[C@]1(C)O. The smallest absolute Gasteiger partial charge is 0.408 e. The third-order valence-corrected chi connectivity index (χ3v) is 11.2. The Morgan fingerprint density at radius 3 is 2.03 bits per heavy atom. The van der Waals surface area contributed by atoms with Gasteiger partial charge in [-0.1, -0.05) is 0 Å². The van der Waals surface area contributed by atoms with Crippen molar-refractivity contribution in [3.63, 3.8) is 0 Å². The molecule has 9 N–H and O–H groups in total. The molecule has 4 rings (SSSR count). The van der Waals surface area contributed by atoms with Crippen molar-refractivity contribution in [3.05, 3.63) is 0 Å². The van der Waals surface area contributed by atoms with Crippen LogP contribution in [0.3, 0.4) is 0 Å². The van der Waals surface area contributed by atoms with Crippen molar-refractivity contribution < 1.29 is 82.2 Å². The third-order valence-electron chi connectivity index (χ3n) is 11.2. The molecule has 0 bridgehead atoms. The van der Waals surface area contributed by atoms with E-state index in [4.69, 9.17) is 48.4 Å². The van der Waals surface area contributed by atoms with Crippen LogP contribution in [0.25, 0.3) is 0 Å². The Kier molecular flexibility index (Phi) is 18.7. The van der Waals surface area contributed by atoms with Gasteiger partial charge in [-0.05, 0) is 114 Å². The van der Waals surface area contributed by atoms with Crippen molar-refractivity contribution in [1.29, 1.82) is 0 Å². The Labute approximate surface area is 375 Å². The molecule has 64 heavy (non-hydrogen) atoms. The predicted octanol–water partition coefficient (Wildman–Crippen LogP) is 2.42. The van der Waals surface area contributed by atoms with E-state index in [9.17, 15) is 39.6 Å². The van der Waals surface area contributed by atoms with E-state index in [1.165, 1.54) is 14.0 Å². The number of hydrogen-bond donors (Lipinski definition) is 8. The lowest BCUT2D eigenvalue weighted by Crippen LogP contribution is -2.70. The van der Waals surface area contributed by atoms with E-state index in [0.717, 1.165) is 24.2 Å². The third kappa shape index (κ3) is 16.2. The average Bonchev–Trinajstić information content (AvgIpc) is 3.15. The van der Waals surface area contributed by atoms with Crippen molar-refractivity contribution in [2.75, 3.05) is 33.4 Å². The van der Waals surface area contributed by atoms with Crippen LogP contribution in [0.5, 0.6) is 0 Å². The number of ether oxygens (including phenoxy) is 9. The highest BCUT2D eigenvalue weighted by atomic mass is 16.7. The van der Waals surface area contributed by atoms with Crippen molar-refractivity contribution >= 4 is 24.4 Å². The number of hydrogen-bond acceptors (Lipinski definition) is 17. The molecule has 1 aliphatic carbocycles. The number of aliphatic hydroxyl groups is 3. The van der Waals surface area contributed by atoms with Crippen LogP contribution in [0.2, 0.25) is 0 Å². The molecule has 22 heteroatoms. The van der Waals surface area contributed by atoms with Gasteiger partial charge in [-0.15, -0.1) is 0 Å². The van der Waals surface area contributed by atoms with E-state index in [-0.39, 0.29) is 25.7 Å². The first-order valence-corrected chi connectivity index (χ1v) is 22.2. The number of carbonyl (C=O) groups is 4. The van der Waals surface area contributed by atoms with Gasteiger partial charge in [0.05, 0.1) is 30.8 Å². The van der Waals surface area contributed by atoms with Gasteiger partial charge in [0.15, 0.2) is 18.9 Å². The topological polar surface area (TPSA) is 298 Å². The summed E-state index contributed by atoms with van der Waals surface area (Å²) in [5, 5.41) is 52.3. The fourth-order valence-corrected chi connectivity index (χ4v) is 8.16. The zero-order valence-electron chi connectivity index (χ0n) is 39.0. The zero-order chi connectivity index (χ0) is 47.8. The molecule has 3 saturated heterocycles. The summed E-state index contributed by atoms with van der Waals surface area (Å²) in [7, 11) is 1.18. The summed E-state index contributed by atoms with van der Waals surface area (Å²) in [5.41, 5.74) is 2.18. The quantitative estimate of drug-likeness (QED) is 0.0864. The van der Waals surface area contributed by atoms with Gasteiger partial charge in [-0.3, -0.25) is 0 Å². The fourth-order valence-electron chi connectivity index (χ4n) is 8.16. The lowest BCUT2D eigenvalue weighted by molar-refractivity contribution is -0.313. The van der Waals surface area contributed by atoms with Crippen LogP contribution in [0.4, 0.5) is 19.2 Å². The molecule has 22 nitrogen and oxygen atoms in total. The summed E-state index contributed by atoms with van der Waals surface area (Å²) in [6.45, 7) is 15.7. The molecule has 0 radical (unpaired) electrons. The number of carbonyl (C=O) groups excluding carboxylic acids is 3. The van der Waals surface area contributed by atoms with Gasteiger partial charge >= 0.3 is 24.4 Å². The highest BCUT2D eigenvalue weighted by molar-refractivity contribution is 5.69. The largest absolute Gasteiger partial charge is 0.465 e. The van der Waals surface area contributed by atoms with Crippen LogP contribution in [0.1, 0.15) is 114 Å². The summed E-state index contributed by atoms with van der Waals surface area (Å²) in [6, 6.07) is -4.37. The second-order valence-electron chi connectivity index (χ2n) is 20.0. The molecule has 0 aromatic heterocycles. The maximum atomic E-state index is 13.2. The molecule has 4 fully saturated rings. The minimum Gasteiger partial charge on any atom is -0.465 e. The molecule has 4 aliphatic rings. The number of amides is 4. The van der Waals surface area contributed by atoms with E-state index < -0.39 is 121 Å². The van der Waals surface area contributed by atoms with Crippen LogP contribution < -0.4 is 21.7 Å². The number of aliphatic hydroxyl groups excluding tert-OH is 2. The van der Waals surface area contributed by atoms with Crippen LogP contribution in [-0.4, -0.2) is 179 Å². The summed E-state index contributed by atoms with van der Waals surface area (Å²) in [6.07, 6.45) is -9.12. The summed E-state index contributed by atoms with van der Waals surface area (Å²) in [4.78, 5) is 52.0. The molecule has 0 spiro atoms. The van der Waals surface area contributed by atoms with Crippen LogP contribution in [-0.2, 0) is 42.6 Å². The second kappa shape index (κ2) is 22.4. The molecular formula is C42H75N5O17. The molecular weight excluding hydrogens is 846 g/mol.